The standard InChI is InChI=1S/C12H17N5O2S/c1-8(10-4-3-5-14-7-10)17-20(18,19)12-11(6-13)9(2)15-16-12/h3-5,7-8,17H,6,13H2,1-2H3,(H,15,16). The summed E-state index contributed by atoms with van der Waals surface area (Å²) in [4.78, 5) is 3.97. The van der Waals surface area contributed by atoms with E-state index in [1.54, 1.807) is 38.4 Å². The van der Waals surface area contributed by atoms with Crippen molar-refractivity contribution in [2.24, 2.45) is 5.73 Å². The van der Waals surface area contributed by atoms with Crippen LogP contribution in [0.5, 0.6) is 0 Å². The molecule has 2 aromatic rings. The lowest BCUT2D eigenvalue weighted by molar-refractivity contribution is 0.561. The number of pyridine rings is 1. The van der Waals surface area contributed by atoms with Crippen LogP contribution in [-0.2, 0) is 16.6 Å². The number of nitrogens with zero attached hydrogens (tertiary/aromatic N) is 2. The molecule has 7 nitrogen and oxygen atoms in total. The van der Waals surface area contributed by atoms with Gasteiger partial charge in [0.05, 0.1) is 0 Å². The van der Waals surface area contributed by atoms with Crippen molar-refractivity contribution in [3.63, 3.8) is 0 Å². The van der Waals surface area contributed by atoms with Gasteiger partial charge < -0.3 is 5.73 Å². The molecule has 8 heteroatoms. The molecule has 20 heavy (non-hydrogen) atoms. The maximum absolute atomic E-state index is 12.3. The number of sulfonamides is 1. The lowest BCUT2D eigenvalue weighted by atomic mass is 10.2. The molecule has 0 radical (unpaired) electrons. The molecule has 0 bridgehead atoms. The number of hydrogen-bond donors (Lipinski definition) is 3. The van der Waals surface area contributed by atoms with Crippen LogP contribution in [0.4, 0.5) is 0 Å². The van der Waals surface area contributed by atoms with E-state index in [2.05, 4.69) is 19.9 Å². The van der Waals surface area contributed by atoms with Crippen molar-refractivity contribution in [2.45, 2.75) is 31.5 Å². The summed E-state index contributed by atoms with van der Waals surface area (Å²) in [7, 11) is -3.73. The summed E-state index contributed by atoms with van der Waals surface area (Å²) in [5.41, 5.74) is 7.50. The molecule has 0 spiro atoms. The van der Waals surface area contributed by atoms with Crippen LogP contribution in [-0.4, -0.2) is 23.6 Å². The highest BCUT2D eigenvalue weighted by molar-refractivity contribution is 7.89. The van der Waals surface area contributed by atoms with Gasteiger partial charge in [0.15, 0.2) is 5.03 Å². The van der Waals surface area contributed by atoms with E-state index in [0.29, 0.717) is 11.3 Å². The Hall–Kier alpha value is -1.77. The zero-order valence-electron chi connectivity index (χ0n) is 11.3. The van der Waals surface area contributed by atoms with Crippen LogP contribution in [0.2, 0.25) is 0 Å². The third-order valence-electron chi connectivity index (χ3n) is 3.01. The topological polar surface area (TPSA) is 114 Å². The Morgan fingerprint density at radius 1 is 1.50 bits per heavy atom. The van der Waals surface area contributed by atoms with Crippen LogP contribution in [0.25, 0.3) is 0 Å². The normalized spacial score (nSPS) is 13.3. The molecule has 1 atom stereocenters. The van der Waals surface area contributed by atoms with Gasteiger partial charge in [0.25, 0.3) is 10.0 Å². The van der Waals surface area contributed by atoms with E-state index in [1.165, 1.54) is 0 Å². The number of aromatic amines is 1. The minimum atomic E-state index is -3.73. The average molecular weight is 295 g/mol. The predicted molar refractivity (Wildman–Crippen MR) is 74.2 cm³/mol. The van der Waals surface area contributed by atoms with Gasteiger partial charge in [-0.1, -0.05) is 6.07 Å². The number of aromatic nitrogens is 3. The first-order valence-corrected chi connectivity index (χ1v) is 7.60. The lowest BCUT2D eigenvalue weighted by Crippen LogP contribution is -2.28. The summed E-state index contributed by atoms with van der Waals surface area (Å²) in [6.07, 6.45) is 3.25. The Labute approximate surface area is 117 Å². The van der Waals surface area contributed by atoms with E-state index in [9.17, 15) is 8.42 Å². The third kappa shape index (κ3) is 2.87. The van der Waals surface area contributed by atoms with Crippen LogP contribution in [0.15, 0.2) is 29.6 Å². The summed E-state index contributed by atoms with van der Waals surface area (Å²) in [5, 5.41) is 6.43. The number of aryl methyl sites for hydroxylation is 1. The molecule has 0 saturated heterocycles. The van der Waals surface area contributed by atoms with Gasteiger partial charge in [-0.15, -0.1) is 0 Å². The number of nitrogens with one attached hydrogen (secondary N) is 2. The molecule has 2 aromatic heterocycles. The fourth-order valence-electron chi connectivity index (χ4n) is 1.88. The Bertz CT molecular complexity index is 681. The summed E-state index contributed by atoms with van der Waals surface area (Å²) < 4.78 is 27.2. The van der Waals surface area contributed by atoms with Gasteiger partial charge in [-0.05, 0) is 25.5 Å². The van der Waals surface area contributed by atoms with E-state index in [-0.39, 0.29) is 11.6 Å². The van der Waals surface area contributed by atoms with E-state index in [1.807, 2.05) is 0 Å². The fourth-order valence-corrected chi connectivity index (χ4v) is 3.32. The molecule has 1 unspecified atom stereocenters. The molecule has 0 amide bonds. The van der Waals surface area contributed by atoms with Gasteiger partial charge in [-0.2, -0.15) is 5.10 Å². The first kappa shape index (κ1) is 14.6. The highest BCUT2D eigenvalue weighted by Gasteiger charge is 2.25. The molecule has 4 N–H and O–H groups in total. The van der Waals surface area contributed by atoms with Crippen molar-refractivity contribution >= 4 is 10.0 Å². The number of rotatable bonds is 5. The van der Waals surface area contributed by atoms with E-state index >= 15 is 0 Å². The van der Waals surface area contributed by atoms with Gasteiger partial charge >= 0.3 is 0 Å². The van der Waals surface area contributed by atoms with E-state index < -0.39 is 16.1 Å². The Morgan fingerprint density at radius 3 is 2.85 bits per heavy atom. The highest BCUT2D eigenvalue weighted by atomic mass is 32.2. The molecule has 0 aromatic carbocycles. The molecule has 0 aliphatic carbocycles. The summed E-state index contributed by atoms with van der Waals surface area (Å²) in [6.45, 7) is 3.59. The quantitative estimate of drug-likeness (QED) is 0.748. The van der Waals surface area contributed by atoms with Crippen LogP contribution < -0.4 is 10.5 Å². The van der Waals surface area contributed by atoms with Gasteiger partial charge in [0, 0.05) is 36.2 Å². The number of hydrogen-bond acceptors (Lipinski definition) is 5. The van der Waals surface area contributed by atoms with Crippen LogP contribution in [0, 0.1) is 6.92 Å². The smallest absolute Gasteiger partial charge is 0.260 e. The molecule has 0 aliphatic heterocycles. The number of nitrogens with two attached hydrogens (primary N) is 1. The van der Waals surface area contributed by atoms with Gasteiger partial charge in [0.2, 0.25) is 0 Å². The van der Waals surface area contributed by atoms with Crippen LogP contribution >= 0.6 is 0 Å². The van der Waals surface area contributed by atoms with Gasteiger partial charge in [0.1, 0.15) is 0 Å². The Morgan fingerprint density at radius 2 is 2.25 bits per heavy atom. The van der Waals surface area contributed by atoms with E-state index in [0.717, 1.165) is 5.56 Å². The number of H-pyrrole nitrogens is 1. The third-order valence-corrected chi connectivity index (χ3v) is 4.52. The molecule has 2 rings (SSSR count). The summed E-state index contributed by atoms with van der Waals surface area (Å²) in [5.74, 6) is 0. The van der Waals surface area contributed by atoms with Crippen LogP contribution in [0.3, 0.4) is 0 Å². The molecule has 0 saturated carbocycles. The SMILES string of the molecule is Cc1[nH]nc(S(=O)(=O)NC(C)c2cccnc2)c1CN. The van der Waals surface area contributed by atoms with Crippen molar-refractivity contribution in [1.29, 1.82) is 0 Å². The van der Waals surface area contributed by atoms with Crippen LogP contribution in [0.1, 0.15) is 29.8 Å². The second kappa shape index (κ2) is 5.70. The Kier molecular flexibility index (Phi) is 4.17. The fraction of sp³-hybridized carbons (Fsp3) is 0.333. The Balaban J connectivity index is 2.28. The highest BCUT2D eigenvalue weighted by Crippen LogP contribution is 2.19. The zero-order chi connectivity index (χ0) is 14.8. The van der Waals surface area contributed by atoms with Gasteiger partial charge in [-0.25, -0.2) is 13.1 Å². The van der Waals surface area contributed by atoms with E-state index in [4.69, 9.17) is 5.73 Å². The predicted octanol–water partition coefficient (Wildman–Crippen LogP) is 0.611. The zero-order valence-corrected chi connectivity index (χ0v) is 12.1. The van der Waals surface area contributed by atoms with Crippen molar-refractivity contribution < 1.29 is 8.42 Å². The molecular formula is C12H17N5O2S. The second-order valence-electron chi connectivity index (χ2n) is 4.47. The molecular weight excluding hydrogens is 278 g/mol. The van der Waals surface area contributed by atoms with Crippen molar-refractivity contribution in [3.05, 3.63) is 41.3 Å². The average Bonchev–Trinajstić information content (AvgIpc) is 2.81. The maximum atomic E-state index is 12.3. The molecule has 0 aliphatic rings. The lowest BCUT2D eigenvalue weighted by Gasteiger charge is -2.13. The first-order chi connectivity index (χ1) is 9.45. The summed E-state index contributed by atoms with van der Waals surface area (Å²) >= 11 is 0. The van der Waals surface area contributed by atoms with Gasteiger partial charge in [-0.3, -0.25) is 10.1 Å². The monoisotopic (exact) mass is 295 g/mol. The first-order valence-electron chi connectivity index (χ1n) is 6.12. The van der Waals surface area contributed by atoms with Crippen molar-refractivity contribution in [3.8, 4) is 0 Å². The maximum Gasteiger partial charge on any atom is 0.260 e. The minimum absolute atomic E-state index is 0.0479. The molecule has 108 valence electrons. The minimum Gasteiger partial charge on any atom is -0.326 e. The molecule has 2 heterocycles. The molecule has 0 fully saturated rings. The summed E-state index contributed by atoms with van der Waals surface area (Å²) in [6, 6.07) is 3.15. The van der Waals surface area contributed by atoms with Crippen molar-refractivity contribution in [2.75, 3.05) is 0 Å². The second-order valence-corrected chi connectivity index (χ2v) is 6.10. The van der Waals surface area contributed by atoms with Crippen molar-refractivity contribution in [1.82, 2.24) is 19.9 Å². The largest absolute Gasteiger partial charge is 0.326 e.